The van der Waals surface area contributed by atoms with E-state index in [1.807, 2.05) is 0 Å². The van der Waals surface area contributed by atoms with E-state index in [9.17, 15) is 20.7 Å². The minimum Gasteiger partial charge on any atom is -0.383 e. The van der Waals surface area contributed by atoms with E-state index in [-0.39, 0.29) is 24.1 Å². The highest BCUT2D eigenvalue weighted by Crippen LogP contribution is 2.32. The minimum atomic E-state index is -4.83. The summed E-state index contributed by atoms with van der Waals surface area (Å²) in [4.78, 5) is -0.616. The molecular formula is C12H16FNO5S2. The SMILES string of the molecule is COCCN(C1CC1)S(=O)(=O)c1ccc(S(=O)(=O)F)cc1. The summed E-state index contributed by atoms with van der Waals surface area (Å²) in [5, 5.41) is 0. The molecule has 2 rings (SSSR count). The highest BCUT2D eigenvalue weighted by molar-refractivity contribution is 7.89. The van der Waals surface area contributed by atoms with Gasteiger partial charge in [-0.2, -0.15) is 12.7 Å². The summed E-state index contributed by atoms with van der Waals surface area (Å²) in [6, 6.07) is 4.05. The van der Waals surface area contributed by atoms with Crippen LogP contribution in [0, 0.1) is 0 Å². The van der Waals surface area contributed by atoms with Gasteiger partial charge in [0.2, 0.25) is 10.0 Å². The standard InChI is InChI=1S/C12H16FNO5S2/c1-19-9-8-14(10-2-3-10)21(17,18)12-6-4-11(5-7-12)20(13,15)16/h4-7,10H,2-3,8-9H2,1H3. The highest BCUT2D eigenvalue weighted by Gasteiger charge is 2.37. The third kappa shape index (κ3) is 3.79. The number of rotatable bonds is 7. The third-order valence-electron chi connectivity index (χ3n) is 3.18. The van der Waals surface area contributed by atoms with Crippen LogP contribution in [0.25, 0.3) is 0 Å². The summed E-state index contributed by atoms with van der Waals surface area (Å²) in [5.41, 5.74) is 0. The van der Waals surface area contributed by atoms with Crippen molar-refractivity contribution in [3.05, 3.63) is 24.3 Å². The molecule has 0 radical (unpaired) electrons. The molecule has 0 aromatic heterocycles. The molecule has 0 heterocycles. The van der Waals surface area contributed by atoms with Gasteiger partial charge in [-0.25, -0.2) is 8.42 Å². The van der Waals surface area contributed by atoms with Crippen LogP contribution in [0.4, 0.5) is 3.89 Å². The Hall–Kier alpha value is -1.03. The summed E-state index contributed by atoms with van der Waals surface area (Å²) >= 11 is 0. The van der Waals surface area contributed by atoms with Gasteiger partial charge in [0, 0.05) is 19.7 Å². The van der Waals surface area contributed by atoms with E-state index in [0.717, 1.165) is 37.1 Å². The molecule has 0 atom stereocenters. The van der Waals surface area contributed by atoms with Gasteiger partial charge in [-0.3, -0.25) is 0 Å². The maximum absolute atomic E-state index is 12.8. The van der Waals surface area contributed by atoms with E-state index >= 15 is 0 Å². The van der Waals surface area contributed by atoms with E-state index in [0.29, 0.717) is 0 Å². The van der Waals surface area contributed by atoms with Crippen LogP contribution in [0.3, 0.4) is 0 Å². The number of methoxy groups -OCH3 is 1. The van der Waals surface area contributed by atoms with Gasteiger partial charge in [0.15, 0.2) is 0 Å². The number of halogens is 1. The van der Waals surface area contributed by atoms with Crippen LogP contribution in [0.15, 0.2) is 34.1 Å². The van der Waals surface area contributed by atoms with Crippen molar-refractivity contribution < 1.29 is 25.5 Å². The zero-order chi connectivity index (χ0) is 15.7. The molecule has 118 valence electrons. The van der Waals surface area contributed by atoms with Crippen molar-refractivity contribution in [2.45, 2.75) is 28.7 Å². The predicted octanol–water partition coefficient (Wildman–Crippen LogP) is 1.14. The van der Waals surface area contributed by atoms with Crippen LogP contribution in [-0.4, -0.2) is 47.4 Å². The average molecular weight is 337 g/mol. The first kappa shape index (κ1) is 16.3. The molecule has 1 saturated carbocycles. The van der Waals surface area contributed by atoms with Gasteiger partial charge in [-0.1, -0.05) is 0 Å². The molecule has 1 aliphatic carbocycles. The van der Waals surface area contributed by atoms with Gasteiger partial charge >= 0.3 is 10.2 Å². The Morgan fingerprint density at radius 1 is 1.14 bits per heavy atom. The molecule has 1 fully saturated rings. The summed E-state index contributed by atoms with van der Waals surface area (Å²) in [5.74, 6) is 0. The summed E-state index contributed by atoms with van der Waals surface area (Å²) in [6.07, 6.45) is 1.58. The normalized spacial score (nSPS) is 16.3. The van der Waals surface area contributed by atoms with Gasteiger partial charge in [0.1, 0.15) is 0 Å². The quantitative estimate of drug-likeness (QED) is 0.697. The molecule has 1 aromatic rings. The fraction of sp³-hybridized carbons (Fsp3) is 0.500. The Balaban J connectivity index is 2.29. The van der Waals surface area contributed by atoms with Crippen molar-refractivity contribution in [3.8, 4) is 0 Å². The lowest BCUT2D eigenvalue weighted by atomic mass is 10.4. The van der Waals surface area contributed by atoms with Gasteiger partial charge in [0.25, 0.3) is 0 Å². The number of hydrogen-bond acceptors (Lipinski definition) is 5. The summed E-state index contributed by atoms with van der Waals surface area (Å²) < 4.78 is 65.6. The number of ether oxygens (including phenoxy) is 1. The molecule has 9 heteroatoms. The largest absolute Gasteiger partial charge is 0.383 e. The van der Waals surface area contributed by atoms with Crippen molar-refractivity contribution in [2.24, 2.45) is 0 Å². The molecule has 21 heavy (non-hydrogen) atoms. The minimum absolute atomic E-state index is 0.0465. The zero-order valence-corrected chi connectivity index (χ0v) is 13.0. The average Bonchev–Trinajstić information content (AvgIpc) is 3.23. The van der Waals surface area contributed by atoms with Crippen molar-refractivity contribution >= 4 is 20.2 Å². The topological polar surface area (TPSA) is 80.8 Å². The highest BCUT2D eigenvalue weighted by atomic mass is 32.3. The molecule has 0 saturated heterocycles. The zero-order valence-electron chi connectivity index (χ0n) is 11.4. The lowest BCUT2D eigenvalue weighted by Crippen LogP contribution is -2.35. The van der Waals surface area contributed by atoms with Gasteiger partial charge in [-0.15, -0.1) is 3.89 Å². The van der Waals surface area contributed by atoms with Crippen LogP contribution in [0.1, 0.15) is 12.8 Å². The van der Waals surface area contributed by atoms with Crippen LogP contribution in [0.5, 0.6) is 0 Å². The second-order valence-corrected chi connectivity index (χ2v) is 7.99. The second-order valence-electron chi connectivity index (χ2n) is 4.75. The summed E-state index contributed by atoms with van der Waals surface area (Å²) in [6.45, 7) is 0.499. The molecule has 6 nitrogen and oxygen atoms in total. The van der Waals surface area contributed by atoms with E-state index < -0.39 is 25.1 Å². The van der Waals surface area contributed by atoms with E-state index in [2.05, 4.69) is 0 Å². The number of hydrogen-bond donors (Lipinski definition) is 0. The van der Waals surface area contributed by atoms with E-state index in [1.165, 1.54) is 11.4 Å². The van der Waals surface area contributed by atoms with Crippen LogP contribution >= 0.6 is 0 Å². The molecule has 0 N–H and O–H groups in total. The maximum atomic E-state index is 12.8. The Kier molecular flexibility index (Phi) is 4.66. The van der Waals surface area contributed by atoms with Gasteiger partial charge < -0.3 is 4.74 Å². The molecule has 0 bridgehead atoms. The molecule has 1 aromatic carbocycles. The molecule has 0 aliphatic heterocycles. The Labute approximate surface area is 123 Å². The fourth-order valence-electron chi connectivity index (χ4n) is 1.95. The monoisotopic (exact) mass is 337 g/mol. The van der Waals surface area contributed by atoms with Crippen molar-refractivity contribution in [1.82, 2.24) is 4.31 Å². The molecule has 1 aliphatic rings. The van der Waals surface area contributed by atoms with Gasteiger partial charge in [-0.05, 0) is 37.1 Å². The van der Waals surface area contributed by atoms with Crippen molar-refractivity contribution in [1.29, 1.82) is 0 Å². The number of benzene rings is 1. The molecular weight excluding hydrogens is 321 g/mol. The molecule has 0 amide bonds. The molecule has 0 unspecified atom stereocenters. The first-order chi connectivity index (χ1) is 9.76. The lowest BCUT2D eigenvalue weighted by molar-refractivity contribution is 0.177. The van der Waals surface area contributed by atoms with Crippen molar-refractivity contribution in [2.75, 3.05) is 20.3 Å². The Bertz CT molecular complexity index is 696. The van der Waals surface area contributed by atoms with E-state index in [4.69, 9.17) is 4.74 Å². The Morgan fingerprint density at radius 3 is 2.10 bits per heavy atom. The van der Waals surface area contributed by atoms with Crippen LogP contribution < -0.4 is 0 Å². The third-order valence-corrected chi connectivity index (χ3v) is 5.98. The number of nitrogens with zero attached hydrogens (tertiary/aromatic N) is 1. The Morgan fingerprint density at radius 2 is 1.67 bits per heavy atom. The van der Waals surface area contributed by atoms with Crippen LogP contribution in [-0.2, 0) is 25.0 Å². The first-order valence-corrected chi connectivity index (χ1v) is 9.14. The predicted molar refractivity (Wildman–Crippen MR) is 73.5 cm³/mol. The fourth-order valence-corrected chi connectivity index (χ4v) is 4.08. The lowest BCUT2D eigenvalue weighted by Gasteiger charge is -2.21. The maximum Gasteiger partial charge on any atom is 0.332 e. The second kappa shape index (κ2) is 5.99. The molecule has 0 spiro atoms. The smallest absolute Gasteiger partial charge is 0.332 e. The van der Waals surface area contributed by atoms with Crippen LogP contribution in [0.2, 0.25) is 0 Å². The first-order valence-electron chi connectivity index (χ1n) is 6.32. The summed E-state index contributed by atoms with van der Waals surface area (Å²) in [7, 11) is -7.08. The number of sulfonamides is 1. The van der Waals surface area contributed by atoms with E-state index in [1.54, 1.807) is 0 Å². The van der Waals surface area contributed by atoms with Crippen molar-refractivity contribution in [3.63, 3.8) is 0 Å². The van der Waals surface area contributed by atoms with Gasteiger partial charge in [0.05, 0.1) is 16.4 Å².